The Balaban J connectivity index is 0.000000137. The molecule has 0 saturated carbocycles. The quantitative estimate of drug-likeness (QED) is 0.280. The van der Waals surface area contributed by atoms with E-state index in [1.165, 1.54) is 10.5 Å². The van der Waals surface area contributed by atoms with Crippen LogP contribution < -0.4 is 14.2 Å². The molecule has 0 N–H and O–H groups in total. The molecule has 0 bridgehead atoms. The van der Waals surface area contributed by atoms with Gasteiger partial charge in [-0.1, -0.05) is 71.5 Å². The Labute approximate surface area is 238 Å². The van der Waals surface area contributed by atoms with Crippen molar-refractivity contribution in [3.8, 4) is 17.2 Å². The molecular weight excluding hydrogens is 553 g/mol. The Hall–Kier alpha value is -2.49. The third-order valence-corrected chi connectivity index (χ3v) is 9.84. The molecule has 0 radical (unpaired) electrons. The van der Waals surface area contributed by atoms with Crippen molar-refractivity contribution in [2.24, 2.45) is 0 Å². The van der Waals surface area contributed by atoms with Crippen molar-refractivity contribution in [1.29, 1.82) is 0 Å². The van der Waals surface area contributed by atoms with Crippen LogP contribution in [0.4, 0.5) is 0 Å². The van der Waals surface area contributed by atoms with E-state index in [-0.39, 0.29) is 16.8 Å². The molecule has 9 heteroatoms. The van der Waals surface area contributed by atoms with Gasteiger partial charge < -0.3 is 14.2 Å². The van der Waals surface area contributed by atoms with E-state index in [0.29, 0.717) is 16.6 Å². The molecule has 0 spiro atoms. The highest BCUT2D eigenvalue weighted by Crippen LogP contribution is 2.39. The molecule has 39 heavy (non-hydrogen) atoms. The molecule has 3 aliphatic rings. The molecule has 1 unspecified atom stereocenters. The Morgan fingerprint density at radius 1 is 0.769 bits per heavy atom. The van der Waals surface area contributed by atoms with Crippen LogP contribution >= 0.6 is 11.8 Å². The summed E-state index contributed by atoms with van der Waals surface area (Å²) in [5.41, 5.74) is 3.70. The first-order valence-corrected chi connectivity index (χ1v) is 16.6. The van der Waals surface area contributed by atoms with Crippen molar-refractivity contribution in [3.05, 3.63) is 71.3 Å². The summed E-state index contributed by atoms with van der Waals surface area (Å²) in [4.78, 5) is 2.45. The van der Waals surface area contributed by atoms with Gasteiger partial charge in [-0.2, -0.15) is 0 Å². The fourth-order valence-corrected chi connectivity index (χ4v) is 6.97. The molecule has 3 aliphatic heterocycles. The first kappa shape index (κ1) is 29.5. The van der Waals surface area contributed by atoms with Crippen LogP contribution in [-0.2, 0) is 31.5 Å². The summed E-state index contributed by atoms with van der Waals surface area (Å²) in [6.07, 6.45) is 0. The molecule has 0 saturated heterocycles. The van der Waals surface area contributed by atoms with E-state index in [2.05, 4.69) is 59.7 Å². The zero-order valence-corrected chi connectivity index (χ0v) is 25.9. The average Bonchev–Trinajstić information content (AvgIpc) is 3.56. The molecule has 0 aliphatic carbocycles. The van der Waals surface area contributed by atoms with Gasteiger partial charge in [0.2, 0.25) is 9.84 Å². The first-order chi connectivity index (χ1) is 18.1. The Bertz CT molecular complexity index is 1500. The molecule has 210 valence electrons. The second-order valence-electron chi connectivity index (χ2n) is 11.7. The van der Waals surface area contributed by atoms with Crippen LogP contribution in [0.1, 0.15) is 58.2 Å². The Morgan fingerprint density at radius 3 is 2.05 bits per heavy atom. The van der Waals surface area contributed by atoms with Crippen LogP contribution in [-0.4, -0.2) is 30.4 Å². The molecule has 0 aromatic heterocycles. The normalized spacial score (nSPS) is 18.1. The molecule has 6 nitrogen and oxygen atoms in total. The maximum atomic E-state index is 11.6. The molecule has 3 aromatic rings. The minimum Gasteiger partial charge on any atom is -0.481 e. The summed E-state index contributed by atoms with van der Waals surface area (Å²) >= 11 is 1.78. The van der Waals surface area contributed by atoms with Gasteiger partial charge in [-0.3, -0.25) is 4.21 Å². The van der Waals surface area contributed by atoms with Gasteiger partial charge in [0.05, 0.1) is 20.6 Å². The Morgan fingerprint density at radius 2 is 1.38 bits per heavy atom. The highest BCUT2D eigenvalue weighted by molar-refractivity contribution is 7.99. The van der Waals surface area contributed by atoms with Crippen LogP contribution in [0.3, 0.4) is 0 Å². The summed E-state index contributed by atoms with van der Waals surface area (Å²) in [5.74, 6) is 3.15. The van der Waals surface area contributed by atoms with E-state index in [4.69, 9.17) is 14.2 Å². The van der Waals surface area contributed by atoms with Gasteiger partial charge in [0.1, 0.15) is 28.1 Å². The van der Waals surface area contributed by atoms with Crippen molar-refractivity contribution >= 4 is 32.4 Å². The zero-order valence-electron chi connectivity index (χ0n) is 23.5. The lowest BCUT2D eigenvalue weighted by Gasteiger charge is -2.19. The molecule has 0 fully saturated rings. The number of hydrogen-bond donors (Lipinski definition) is 0. The lowest BCUT2D eigenvalue weighted by atomic mass is 9.87. The van der Waals surface area contributed by atoms with Crippen molar-refractivity contribution in [1.82, 2.24) is 0 Å². The van der Waals surface area contributed by atoms with E-state index >= 15 is 0 Å². The molecule has 1 atom stereocenters. The Kier molecular flexibility index (Phi) is 8.45. The monoisotopic (exact) mass is 588 g/mol. The van der Waals surface area contributed by atoms with Gasteiger partial charge >= 0.3 is 0 Å². The number of thioether (sulfide) groups is 1. The first-order valence-electron chi connectivity index (χ1n) is 12.7. The van der Waals surface area contributed by atoms with Crippen LogP contribution in [0.5, 0.6) is 17.2 Å². The van der Waals surface area contributed by atoms with E-state index < -0.39 is 20.6 Å². The number of hydrogen-bond acceptors (Lipinski definition) is 7. The van der Waals surface area contributed by atoms with Crippen molar-refractivity contribution in [2.75, 3.05) is 17.8 Å². The number of aryl methyl sites for hydroxylation is 1. The maximum Gasteiger partial charge on any atom is 0.216 e. The van der Waals surface area contributed by atoms with E-state index in [1.807, 2.05) is 31.2 Å². The number of benzene rings is 3. The van der Waals surface area contributed by atoms with Crippen LogP contribution in [0, 0.1) is 6.92 Å². The SMILES string of the molecule is CC(C)(C)c1ccc2c(c1)S(=O)(=O)CO2.CC(C)(C)c1ccc2c(c1)SCO2.Cc1ccc2c(c1)S(=O)CO2. The minimum atomic E-state index is -3.21. The highest BCUT2D eigenvalue weighted by Gasteiger charge is 2.29. The number of fused-ring (bicyclic) bond motifs is 3. The molecular formula is C30H36O6S3. The number of ether oxygens (including phenoxy) is 3. The van der Waals surface area contributed by atoms with Crippen molar-refractivity contribution in [2.45, 2.75) is 74.0 Å². The number of rotatable bonds is 0. The second-order valence-corrected chi connectivity index (χ2v) is 15.9. The molecule has 3 heterocycles. The maximum absolute atomic E-state index is 11.6. The van der Waals surface area contributed by atoms with Gasteiger partial charge in [-0.25, -0.2) is 8.42 Å². The van der Waals surface area contributed by atoms with Gasteiger partial charge in [0.15, 0.2) is 11.9 Å². The largest absolute Gasteiger partial charge is 0.481 e. The third-order valence-electron chi connectivity index (χ3n) is 6.42. The predicted octanol–water partition coefficient (Wildman–Crippen LogP) is 6.99. The van der Waals surface area contributed by atoms with Gasteiger partial charge in [0, 0.05) is 0 Å². The van der Waals surface area contributed by atoms with Crippen LogP contribution in [0.25, 0.3) is 0 Å². The lowest BCUT2D eigenvalue weighted by molar-refractivity contribution is 0.389. The summed E-state index contributed by atoms with van der Waals surface area (Å²) in [7, 11) is -4.14. The molecule has 3 aromatic carbocycles. The van der Waals surface area contributed by atoms with Gasteiger partial charge in [0.25, 0.3) is 0 Å². The van der Waals surface area contributed by atoms with E-state index in [0.717, 1.165) is 33.5 Å². The van der Waals surface area contributed by atoms with Crippen molar-refractivity contribution in [3.63, 3.8) is 0 Å². The minimum absolute atomic E-state index is 0.0485. The number of sulfone groups is 1. The highest BCUT2D eigenvalue weighted by atomic mass is 32.2. The summed E-state index contributed by atoms with van der Waals surface area (Å²) < 4.78 is 50.1. The van der Waals surface area contributed by atoms with Gasteiger partial charge in [-0.05, 0) is 70.8 Å². The summed E-state index contributed by atoms with van der Waals surface area (Å²) in [5, 5.41) is 0. The fourth-order valence-electron chi connectivity index (χ4n) is 4.00. The summed E-state index contributed by atoms with van der Waals surface area (Å²) in [6, 6.07) is 17.6. The molecule has 6 rings (SSSR count). The van der Waals surface area contributed by atoms with Crippen LogP contribution in [0.15, 0.2) is 69.3 Å². The van der Waals surface area contributed by atoms with Crippen LogP contribution in [0.2, 0.25) is 0 Å². The summed E-state index contributed by atoms with van der Waals surface area (Å²) in [6.45, 7) is 14.8. The lowest BCUT2D eigenvalue weighted by Crippen LogP contribution is -2.11. The molecule has 0 amide bonds. The fraction of sp³-hybridized carbons (Fsp3) is 0.400. The third kappa shape index (κ3) is 6.99. The standard InChI is InChI=1S/C11H14O3S.C11H14OS.C8H8O2S/c1-11(2,3)8-4-5-9-10(6-8)15(12,13)7-14-9;1-11(2,3)8-4-5-9-10(6-8)13-7-12-9;1-6-2-3-7-8(4-6)11(9)5-10-7/h4-6H,7H2,1-3H3;4-6H,7H2,1-3H3;2-4H,5H2,1H3. The topological polar surface area (TPSA) is 78.9 Å². The van der Waals surface area contributed by atoms with E-state index in [1.54, 1.807) is 23.9 Å². The zero-order chi connectivity index (χ0) is 28.6. The second kappa shape index (κ2) is 11.2. The van der Waals surface area contributed by atoms with E-state index in [9.17, 15) is 12.6 Å². The predicted molar refractivity (Wildman–Crippen MR) is 157 cm³/mol. The smallest absolute Gasteiger partial charge is 0.216 e. The van der Waals surface area contributed by atoms with Gasteiger partial charge in [-0.15, -0.1) is 0 Å². The van der Waals surface area contributed by atoms with Crippen molar-refractivity contribution < 1.29 is 26.8 Å². The average molecular weight is 589 g/mol.